The zero-order valence-corrected chi connectivity index (χ0v) is 19.9. The lowest BCUT2D eigenvalue weighted by Crippen LogP contribution is -2.24. The Labute approximate surface area is 198 Å². The smallest absolute Gasteiger partial charge is 0.162 e. The van der Waals surface area contributed by atoms with Gasteiger partial charge in [-0.3, -0.25) is 0 Å². The summed E-state index contributed by atoms with van der Waals surface area (Å²) in [5.74, 6) is 1.39. The van der Waals surface area contributed by atoms with Gasteiger partial charge >= 0.3 is 0 Å². The summed E-state index contributed by atoms with van der Waals surface area (Å²) in [5.41, 5.74) is 5.40. The highest BCUT2D eigenvalue weighted by molar-refractivity contribution is 5.76. The van der Waals surface area contributed by atoms with Crippen LogP contribution in [0.1, 0.15) is 22.6 Å². The number of aromatic nitrogens is 3. The van der Waals surface area contributed by atoms with E-state index < -0.39 is 0 Å². The van der Waals surface area contributed by atoms with Gasteiger partial charge in [-0.05, 0) is 51.6 Å². The molecule has 4 aromatic rings. The third-order valence-corrected chi connectivity index (χ3v) is 5.61. The molecule has 0 saturated heterocycles. The number of hydrogen-bond acceptors (Lipinski definition) is 7. The van der Waals surface area contributed by atoms with Crippen molar-refractivity contribution in [2.75, 3.05) is 25.5 Å². The number of nitrogens with zero attached hydrogens (tertiary/aromatic N) is 3. The van der Waals surface area contributed by atoms with Crippen LogP contribution >= 0.6 is 0 Å². The molecular formula is C26H29FN6O. The van der Waals surface area contributed by atoms with Gasteiger partial charge in [0.25, 0.3) is 0 Å². The van der Waals surface area contributed by atoms with Crippen LogP contribution in [0.25, 0.3) is 22.6 Å². The topological polar surface area (TPSA) is 87.9 Å². The Morgan fingerprint density at radius 2 is 1.79 bits per heavy atom. The van der Waals surface area contributed by atoms with Crippen LogP contribution in [0.5, 0.6) is 0 Å². The van der Waals surface area contributed by atoms with Crippen LogP contribution in [0.2, 0.25) is 0 Å². The summed E-state index contributed by atoms with van der Waals surface area (Å²) in [4.78, 5) is 9.70. The van der Waals surface area contributed by atoms with Crippen LogP contribution in [-0.2, 0) is 6.54 Å². The molecule has 0 aliphatic carbocycles. The number of likely N-dealkylation sites (N-methyl/N-ethyl adjacent to an activating group) is 1. The third-order valence-electron chi connectivity index (χ3n) is 5.61. The van der Waals surface area contributed by atoms with E-state index in [-0.39, 0.29) is 5.82 Å². The highest BCUT2D eigenvalue weighted by Gasteiger charge is 2.21. The quantitative estimate of drug-likeness (QED) is 0.306. The van der Waals surface area contributed by atoms with Gasteiger partial charge in [0, 0.05) is 30.8 Å². The summed E-state index contributed by atoms with van der Waals surface area (Å²) >= 11 is 0. The number of halogens is 1. The first-order chi connectivity index (χ1) is 16.5. The first-order valence-corrected chi connectivity index (χ1v) is 11.3. The summed E-state index contributed by atoms with van der Waals surface area (Å²) in [6.07, 6.45) is 0. The van der Waals surface area contributed by atoms with Gasteiger partial charge < -0.3 is 20.5 Å². The highest BCUT2D eigenvalue weighted by Crippen LogP contribution is 2.34. The molecule has 0 bridgehead atoms. The predicted molar refractivity (Wildman–Crippen MR) is 132 cm³/mol. The van der Waals surface area contributed by atoms with Gasteiger partial charge in [0.15, 0.2) is 5.82 Å². The van der Waals surface area contributed by atoms with Crippen LogP contribution in [0.3, 0.4) is 0 Å². The van der Waals surface area contributed by atoms with Crippen LogP contribution in [-0.4, -0.2) is 35.3 Å². The maximum absolute atomic E-state index is 14.4. The number of rotatable bonds is 9. The number of para-hydroxylation sites is 1. The van der Waals surface area contributed by atoms with E-state index in [4.69, 9.17) is 14.5 Å². The van der Waals surface area contributed by atoms with Crippen molar-refractivity contribution in [3.8, 4) is 22.6 Å². The molecule has 0 atom stereocenters. The fraction of sp³-hybridized carbons (Fsp3) is 0.269. The van der Waals surface area contributed by atoms with Crippen LogP contribution < -0.4 is 16.0 Å². The van der Waals surface area contributed by atoms with Crippen molar-refractivity contribution in [3.05, 3.63) is 76.9 Å². The Bertz CT molecular complexity index is 1270. The number of nitrogens with one attached hydrogen (secondary N) is 3. The summed E-state index contributed by atoms with van der Waals surface area (Å²) in [6.45, 7) is 8.16. The van der Waals surface area contributed by atoms with Gasteiger partial charge in [-0.2, -0.15) is 0 Å². The van der Waals surface area contributed by atoms with Crippen LogP contribution in [0, 0.1) is 26.6 Å². The lowest BCUT2D eigenvalue weighted by Gasteiger charge is -2.15. The minimum absolute atomic E-state index is 0.349. The first-order valence-electron chi connectivity index (χ1n) is 11.3. The molecule has 7 nitrogen and oxygen atoms in total. The van der Waals surface area contributed by atoms with Gasteiger partial charge in [-0.25, -0.2) is 14.4 Å². The zero-order valence-electron chi connectivity index (χ0n) is 19.9. The summed E-state index contributed by atoms with van der Waals surface area (Å²) in [5, 5.41) is 13.8. The van der Waals surface area contributed by atoms with E-state index in [2.05, 4.69) is 33.2 Å². The second kappa shape index (κ2) is 10.5. The maximum atomic E-state index is 14.4. The fourth-order valence-corrected chi connectivity index (χ4v) is 3.79. The first kappa shape index (κ1) is 23.5. The van der Waals surface area contributed by atoms with Crippen molar-refractivity contribution in [1.29, 1.82) is 0 Å². The zero-order chi connectivity index (χ0) is 24.1. The minimum atomic E-state index is -0.351. The van der Waals surface area contributed by atoms with Crippen molar-refractivity contribution < 1.29 is 8.91 Å². The predicted octanol–water partition coefficient (Wildman–Crippen LogP) is 4.92. The molecule has 0 amide bonds. The number of hydrogen-bond donors (Lipinski definition) is 3. The molecule has 0 aliphatic heterocycles. The molecule has 0 aliphatic rings. The molecule has 2 aromatic heterocycles. The van der Waals surface area contributed by atoms with E-state index in [0.717, 1.165) is 47.6 Å². The van der Waals surface area contributed by atoms with Crippen molar-refractivity contribution in [3.63, 3.8) is 0 Å². The summed E-state index contributed by atoms with van der Waals surface area (Å²) in [6, 6.07) is 14.6. The molecule has 2 heterocycles. The van der Waals surface area contributed by atoms with Crippen molar-refractivity contribution in [2.24, 2.45) is 0 Å². The van der Waals surface area contributed by atoms with E-state index in [1.165, 1.54) is 6.07 Å². The Balaban J connectivity index is 1.79. The van der Waals surface area contributed by atoms with Gasteiger partial charge in [0.2, 0.25) is 0 Å². The Morgan fingerprint density at radius 3 is 2.53 bits per heavy atom. The largest absolute Gasteiger partial charge is 0.361 e. The van der Waals surface area contributed by atoms with E-state index in [1.54, 1.807) is 18.2 Å². The molecule has 0 radical (unpaired) electrons. The van der Waals surface area contributed by atoms with Crippen molar-refractivity contribution in [2.45, 2.75) is 27.3 Å². The Morgan fingerprint density at radius 1 is 0.971 bits per heavy atom. The number of anilines is 2. The van der Waals surface area contributed by atoms with Crippen LogP contribution in [0.15, 0.2) is 53.1 Å². The normalized spacial score (nSPS) is 11.1. The summed E-state index contributed by atoms with van der Waals surface area (Å²) < 4.78 is 19.8. The molecule has 34 heavy (non-hydrogen) atoms. The van der Waals surface area contributed by atoms with Gasteiger partial charge in [-0.15, -0.1) is 0 Å². The molecule has 0 unspecified atom stereocenters. The van der Waals surface area contributed by atoms with E-state index >= 15 is 0 Å². The minimum Gasteiger partial charge on any atom is -0.361 e. The fourth-order valence-electron chi connectivity index (χ4n) is 3.79. The van der Waals surface area contributed by atoms with Gasteiger partial charge in [0.1, 0.15) is 17.4 Å². The van der Waals surface area contributed by atoms with E-state index in [0.29, 0.717) is 28.8 Å². The van der Waals surface area contributed by atoms with Crippen molar-refractivity contribution in [1.82, 2.24) is 25.8 Å². The average Bonchev–Trinajstić information content (AvgIpc) is 3.17. The van der Waals surface area contributed by atoms with E-state index in [9.17, 15) is 4.39 Å². The van der Waals surface area contributed by atoms with E-state index in [1.807, 2.05) is 40.0 Å². The molecule has 4 rings (SSSR count). The monoisotopic (exact) mass is 460 g/mol. The van der Waals surface area contributed by atoms with Gasteiger partial charge in [0.05, 0.1) is 22.6 Å². The maximum Gasteiger partial charge on any atom is 0.162 e. The molecule has 2 aromatic carbocycles. The second-order valence-corrected chi connectivity index (χ2v) is 8.15. The average molecular weight is 461 g/mol. The number of benzene rings is 2. The molecule has 3 N–H and O–H groups in total. The SMILES string of the molecule is CNCCNCc1cccc(-c2nc(Nc3ccccc3F)c(C)c(-c3c(C)noc3C)n2)c1. The molecule has 0 fully saturated rings. The third kappa shape index (κ3) is 5.13. The van der Waals surface area contributed by atoms with Crippen molar-refractivity contribution >= 4 is 11.5 Å². The standard InChI is InChI=1S/C26H29FN6O/c1-16-24(23-17(2)33-34-18(23)3)31-26(32-25(16)30-22-11-6-5-10-21(22)27)20-9-7-8-19(14-20)15-29-13-12-28-4/h5-11,14,28-29H,12-13,15H2,1-4H3,(H,30,31,32). The molecular weight excluding hydrogens is 431 g/mol. The molecule has 176 valence electrons. The van der Waals surface area contributed by atoms with Gasteiger partial charge in [-0.1, -0.05) is 35.5 Å². The lowest BCUT2D eigenvalue weighted by molar-refractivity contribution is 0.393. The highest BCUT2D eigenvalue weighted by atomic mass is 19.1. The summed E-state index contributed by atoms with van der Waals surface area (Å²) in [7, 11) is 1.93. The second-order valence-electron chi connectivity index (χ2n) is 8.15. The molecule has 0 spiro atoms. The lowest BCUT2D eigenvalue weighted by atomic mass is 10.0. The Hall–Kier alpha value is -3.62. The Kier molecular flexibility index (Phi) is 7.30. The molecule has 8 heteroatoms. The molecule has 0 saturated carbocycles. The van der Waals surface area contributed by atoms with Crippen LogP contribution in [0.4, 0.5) is 15.9 Å². The number of aryl methyl sites for hydroxylation is 2.